The van der Waals surface area contributed by atoms with Crippen molar-refractivity contribution in [3.8, 4) is 0 Å². The molecule has 0 aliphatic carbocycles. The zero-order valence-electron chi connectivity index (χ0n) is 7.14. The van der Waals surface area contributed by atoms with Crippen LogP contribution < -0.4 is 11.1 Å². The van der Waals surface area contributed by atoms with Gasteiger partial charge in [-0.15, -0.1) is 0 Å². The van der Waals surface area contributed by atoms with Crippen molar-refractivity contribution in [2.24, 2.45) is 0 Å². The SMILES string of the molecule is Nc1cccnc1NC(CO)CO. The summed E-state index contributed by atoms with van der Waals surface area (Å²) in [6.45, 7) is -0.320. The quantitative estimate of drug-likeness (QED) is 0.501. The minimum absolute atomic E-state index is 0.160. The van der Waals surface area contributed by atoms with Crippen LogP contribution in [-0.2, 0) is 0 Å². The van der Waals surface area contributed by atoms with E-state index in [0.717, 1.165) is 0 Å². The van der Waals surface area contributed by atoms with Crippen LogP contribution in [0.1, 0.15) is 0 Å². The Morgan fingerprint density at radius 1 is 1.46 bits per heavy atom. The third kappa shape index (κ3) is 2.57. The number of pyridine rings is 1. The molecule has 1 aromatic rings. The predicted octanol–water partition coefficient (Wildman–Crippen LogP) is -0.571. The number of nitrogens with two attached hydrogens (primary N) is 1. The largest absolute Gasteiger partial charge is 0.396 e. The lowest BCUT2D eigenvalue weighted by molar-refractivity contribution is 0.203. The highest BCUT2D eigenvalue weighted by Crippen LogP contribution is 2.13. The van der Waals surface area contributed by atoms with E-state index in [1.165, 1.54) is 0 Å². The minimum Gasteiger partial charge on any atom is -0.396 e. The van der Waals surface area contributed by atoms with Crippen LogP contribution in [0.15, 0.2) is 18.3 Å². The molecule has 72 valence electrons. The van der Waals surface area contributed by atoms with Gasteiger partial charge in [-0.1, -0.05) is 0 Å². The van der Waals surface area contributed by atoms with Crippen molar-refractivity contribution in [1.82, 2.24) is 4.98 Å². The van der Waals surface area contributed by atoms with Crippen molar-refractivity contribution < 1.29 is 10.2 Å². The molecule has 0 atom stereocenters. The molecule has 5 heteroatoms. The Balaban J connectivity index is 2.67. The normalized spacial score (nSPS) is 10.4. The van der Waals surface area contributed by atoms with E-state index in [1.807, 2.05) is 0 Å². The van der Waals surface area contributed by atoms with Gasteiger partial charge < -0.3 is 21.3 Å². The molecule has 5 nitrogen and oxygen atoms in total. The number of aliphatic hydroxyl groups is 2. The zero-order valence-corrected chi connectivity index (χ0v) is 7.14. The number of anilines is 2. The molecule has 0 aliphatic heterocycles. The van der Waals surface area contributed by atoms with E-state index in [2.05, 4.69) is 10.3 Å². The van der Waals surface area contributed by atoms with Gasteiger partial charge in [0, 0.05) is 6.20 Å². The van der Waals surface area contributed by atoms with Crippen LogP contribution in [0.2, 0.25) is 0 Å². The van der Waals surface area contributed by atoms with Gasteiger partial charge >= 0.3 is 0 Å². The molecule has 1 aromatic heterocycles. The van der Waals surface area contributed by atoms with E-state index < -0.39 is 6.04 Å². The van der Waals surface area contributed by atoms with Crippen LogP contribution in [0.3, 0.4) is 0 Å². The second kappa shape index (κ2) is 4.64. The van der Waals surface area contributed by atoms with Gasteiger partial charge in [-0.3, -0.25) is 0 Å². The number of hydrogen-bond acceptors (Lipinski definition) is 5. The monoisotopic (exact) mass is 183 g/mol. The van der Waals surface area contributed by atoms with Crippen LogP contribution in [0, 0.1) is 0 Å². The maximum atomic E-state index is 8.79. The van der Waals surface area contributed by atoms with Gasteiger partial charge in [0.2, 0.25) is 0 Å². The highest BCUT2D eigenvalue weighted by molar-refractivity contribution is 5.60. The first-order valence-corrected chi connectivity index (χ1v) is 3.96. The summed E-state index contributed by atoms with van der Waals surface area (Å²) in [5.41, 5.74) is 6.08. The third-order valence-electron chi connectivity index (χ3n) is 1.62. The van der Waals surface area contributed by atoms with Crippen molar-refractivity contribution in [2.45, 2.75) is 6.04 Å². The number of nitrogen functional groups attached to an aromatic ring is 1. The second-order valence-corrected chi connectivity index (χ2v) is 2.65. The fraction of sp³-hybridized carbons (Fsp3) is 0.375. The Hall–Kier alpha value is -1.33. The highest BCUT2D eigenvalue weighted by Gasteiger charge is 2.07. The van der Waals surface area contributed by atoms with Crippen LogP contribution >= 0.6 is 0 Å². The van der Waals surface area contributed by atoms with Crippen LogP contribution in [0.4, 0.5) is 11.5 Å². The standard InChI is InChI=1S/C8H13N3O2/c9-7-2-1-3-10-8(7)11-6(4-12)5-13/h1-3,6,12-13H,4-5,9H2,(H,10,11). The van der Waals surface area contributed by atoms with E-state index in [9.17, 15) is 0 Å². The molecule has 0 amide bonds. The Morgan fingerprint density at radius 2 is 2.15 bits per heavy atom. The van der Waals surface area contributed by atoms with E-state index >= 15 is 0 Å². The van der Waals surface area contributed by atoms with Crippen LogP contribution in [0.5, 0.6) is 0 Å². The minimum atomic E-state index is -0.419. The highest BCUT2D eigenvalue weighted by atomic mass is 16.3. The second-order valence-electron chi connectivity index (χ2n) is 2.65. The summed E-state index contributed by atoms with van der Waals surface area (Å²) in [6.07, 6.45) is 1.59. The number of rotatable bonds is 4. The molecule has 0 saturated heterocycles. The maximum absolute atomic E-state index is 8.79. The number of aromatic nitrogens is 1. The first kappa shape index (κ1) is 9.76. The van der Waals surface area contributed by atoms with Crippen molar-refractivity contribution >= 4 is 11.5 Å². The van der Waals surface area contributed by atoms with Crippen LogP contribution in [-0.4, -0.2) is 34.5 Å². The Labute approximate surface area is 76.2 Å². The smallest absolute Gasteiger partial charge is 0.149 e. The van der Waals surface area contributed by atoms with Gasteiger partial charge in [-0.05, 0) is 12.1 Å². The summed E-state index contributed by atoms with van der Waals surface area (Å²) in [5.74, 6) is 0.482. The Kier molecular flexibility index (Phi) is 3.48. The van der Waals surface area contributed by atoms with Gasteiger partial charge in [-0.25, -0.2) is 4.98 Å². The summed E-state index contributed by atoms with van der Waals surface area (Å²) in [6, 6.07) is 2.99. The molecular formula is C8H13N3O2. The van der Waals surface area contributed by atoms with Gasteiger partial charge in [0.1, 0.15) is 5.82 Å². The fourth-order valence-corrected chi connectivity index (χ4v) is 0.881. The molecule has 0 unspecified atom stereocenters. The van der Waals surface area contributed by atoms with E-state index in [1.54, 1.807) is 18.3 Å². The molecule has 0 bridgehead atoms. The number of nitrogens with zero attached hydrogens (tertiary/aromatic N) is 1. The number of aliphatic hydroxyl groups excluding tert-OH is 2. The molecule has 0 aromatic carbocycles. The molecule has 0 fully saturated rings. The Morgan fingerprint density at radius 3 is 2.69 bits per heavy atom. The van der Waals surface area contributed by atoms with Gasteiger partial charge in [-0.2, -0.15) is 0 Å². The van der Waals surface area contributed by atoms with E-state index in [4.69, 9.17) is 15.9 Å². The van der Waals surface area contributed by atoms with Crippen LogP contribution in [0.25, 0.3) is 0 Å². The third-order valence-corrected chi connectivity index (χ3v) is 1.62. The average molecular weight is 183 g/mol. The Bertz CT molecular complexity index is 263. The van der Waals surface area contributed by atoms with Crippen molar-refractivity contribution in [1.29, 1.82) is 0 Å². The number of nitrogens with one attached hydrogen (secondary N) is 1. The first-order chi connectivity index (χ1) is 6.27. The van der Waals surface area contributed by atoms with Gasteiger partial charge in [0.25, 0.3) is 0 Å². The first-order valence-electron chi connectivity index (χ1n) is 3.96. The van der Waals surface area contributed by atoms with E-state index in [-0.39, 0.29) is 13.2 Å². The molecule has 0 radical (unpaired) electrons. The molecule has 0 aliphatic rings. The maximum Gasteiger partial charge on any atom is 0.149 e. The fourth-order valence-electron chi connectivity index (χ4n) is 0.881. The zero-order chi connectivity index (χ0) is 9.68. The number of hydrogen-bond donors (Lipinski definition) is 4. The lowest BCUT2D eigenvalue weighted by atomic mass is 10.3. The summed E-state index contributed by atoms with van der Waals surface area (Å²) in [5, 5.41) is 20.4. The lowest BCUT2D eigenvalue weighted by Crippen LogP contribution is -2.28. The summed E-state index contributed by atoms with van der Waals surface area (Å²) >= 11 is 0. The van der Waals surface area contributed by atoms with Crippen molar-refractivity contribution in [3.63, 3.8) is 0 Å². The molecule has 1 heterocycles. The molecule has 13 heavy (non-hydrogen) atoms. The van der Waals surface area contributed by atoms with Crippen molar-refractivity contribution in [3.05, 3.63) is 18.3 Å². The molecule has 0 spiro atoms. The average Bonchev–Trinajstić information content (AvgIpc) is 2.17. The predicted molar refractivity (Wildman–Crippen MR) is 50.2 cm³/mol. The van der Waals surface area contributed by atoms with Crippen molar-refractivity contribution in [2.75, 3.05) is 24.3 Å². The summed E-state index contributed by atoms with van der Waals surface area (Å²) in [4.78, 5) is 3.96. The molecule has 5 N–H and O–H groups in total. The lowest BCUT2D eigenvalue weighted by Gasteiger charge is -2.14. The van der Waals surface area contributed by atoms with Gasteiger partial charge in [0.05, 0.1) is 24.9 Å². The van der Waals surface area contributed by atoms with Gasteiger partial charge in [0.15, 0.2) is 0 Å². The van der Waals surface area contributed by atoms with E-state index in [0.29, 0.717) is 11.5 Å². The summed E-state index contributed by atoms with van der Waals surface area (Å²) in [7, 11) is 0. The molecular weight excluding hydrogens is 170 g/mol. The molecule has 0 saturated carbocycles. The summed E-state index contributed by atoms with van der Waals surface area (Å²) < 4.78 is 0. The topological polar surface area (TPSA) is 91.4 Å². The molecule has 1 rings (SSSR count).